The molecule has 1 fully saturated rings. The van der Waals surface area contributed by atoms with Crippen LogP contribution in [0.5, 0.6) is 5.75 Å². The molecular formula is C16H23N3O4. The van der Waals surface area contributed by atoms with Crippen LogP contribution >= 0.6 is 0 Å². The summed E-state index contributed by atoms with van der Waals surface area (Å²) in [5.74, 6) is -0.997. The maximum atomic E-state index is 12.2. The predicted octanol–water partition coefficient (Wildman–Crippen LogP) is 1.29. The zero-order chi connectivity index (χ0) is 16.8. The number of anilines is 1. The molecule has 0 radical (unpaired) electrons. The van der Waals surface area contributed by atoms with Gasteiger partial charge in [0.15, 0.2) is 11.6 Å². The number of ether oxygens (including phenoxy) is 1. The maximum Gasteiger partial charge on any atom is 0.230 e. The molecule has 23 heavy (non-hydrogen) atoms. The Hall–Kier alpha value is -2.15. The lowest BCUT2D eigenvalue weighted by Gasteiger charge is -2.25. The Labute approximate surface area is 135 Å². The first kappa shape index (κ1) is 17.2. The Kier molecular flexibility index (Phi) is 5.92. The first-order valence-electron chi connectivity index (χ1n) is 7.82. The van der Waals surface area contributed by atoms with E-state index in [1.165, 1.54) is 12.3 Å². The Morgan fingerprint density at radius 2 is 2.22 bits per heavy atom. The summed E-state index contributed by atoms with van der Waals surface area (Å²) in [5, 5.41) is 15.1. The van der Waals surface area contributed by atoms with Crippen molar-refractivity contribution in [1.82, 2.24) is 10.3 Å². The third kappa shape index (κ3) is 4.66. The van der Waals surface area contributed by atoms with Crippen LogP contribution in [-0.2, 0) is 14.3 Å². The predicted molar refractivity (Wildman–Crippen MR) is 84.8 cm³/mol. The van der Waals surface area contributed by atoms with Gasteiger partial charge in [-0.15, -0.1) is 0 Å². The molecule has 7 heteroatoms. The second kappa shape index (κ2) is 7.92. The smallest absolute Gasteiger partial charge is 0.230 e. The highest BCUT2D eigenvalue weighted by Crippen LogP contribution is 2.20. The van der Waals surface area contributed by atoms with Crippen molar-refractivity contribution < 1.29 is 19.4 Å². The van der Waals surface area contributed by atoms with Crippen LogP contribution in [0.3, 0.4) is 0 Å². The van der Waals surface area contributed by atoms with Crippen LogP contribution in [0.2, 0.25) is 0 Å². The fraction of sp³-hybridized carbons (Fsp3) is 0.562. The van der Waals surface area contributed by atoms with Crippen LogP contribution < -0.4 is 10.6 Å². The summed E-state index contributed by atoms with van der Waals surface area (Å²) in [6.07, 6.45) is 3.16. The number of amides is 2. The van der Waals surface area contributed by atoms with Gasteiger partial charge in [0.05, 0.1) is 18.4 Å². The Morgan fingerprint density at radius 1 is 1.43 bits per heavy atom. The molecule has 1 aliphatic rings. The van der Waals surface area contributed by atoms with Gasteiger partial charge in [-0.2, -0.15) is 0 Å². The molecule has 3 N–H and O–H groups in total. The molecule has 3 unspecified atom stereocenters. The summed E-state index contributed by atoms with van der Waals surface area (Å²) in [7, 11) is 0. The topological polar surface area (TPSA) is 101 Å². The summed E-state index contributed by atoms with van der Waals surface area (Å²) in [6, 6.07) is 2.68. The Balaban J connectivity index is 1.88. The van der Waals surface area contributed by atoms with Gasteiger partial charge in [-0.3, -0.25) is 9.59 Å². The van der Waals surface area contributed by atoms with Gasteiger partial charge in [0.25, 0.3) is 0 Å². The van der Waals surface area contributed by atoms with E-state index in [1.54, 1.807) is 19.9 Å². The van der Waals surface area contributed by atoms with Crippen molar-refractivity contribution in [2.45, 2.75) is 32.7 Å². The van der Waals surface area contributed by atoms with E-state index in [0.29, 0.717) is 13.2 Å². The fourth-order valence-corrected chi connectivity index (χ4v) is 2.37. The zero-order valence-electron chi connectivity index (χ0n) is 13.4. The monoisotopic (exact) mass is 321 g/mol. The molecule has 1 aromatic rings. The lowest BCUT2D eigenvalue weighted by Crippen LogP contribution is -2.45. The molecule has 0 bridgehead atoms. The molecule has 1 aromatic heterocycles. The van der Waals surface area contributed by atoms with Crippen LogP contribution in [0.1, 0.15) is 26.7 Å². The molecule has 1 aliphatic heterocycles. The normalized spacial score (nSPS) is 20.3. The van der Waals surface area contributed by atoms with Crippen LogP contribution in [0.25, 0.3) is 0 Å². The number of pyridine rings is 1. The summed E-state index contributed by atoms with van der Waals surface area (Å²) in [4.78, 5) is 28.3. The van der Waals surface area contributed by atoms with Gasteiger partial charge in [0, 0.05) is 18.8 Å². The molecule has 0 spiro atoms. The lowest BCUT2D eigenvalue weighted by atomic mass is 9.98. The van der Waals surface area contributed by atoms with E-state index in [4.69, 9.17) is 4.74 Å². The summed E-state index contributed by atoms with van der Waals surface area (Å²) in [5.41, 5.74) is 0. The van der Waals surface area contributed by atoms with Crippen molar-refractivity contribution >= 4 is 17.6 Å². The second-order valence-electron chi connectivity index (χ2n) is 5.86. The Morgan fingerprint density at radius 3 is 2.87 bits per heavy atom. The van der Waals surface area contributed by atoms with Crippen LogP contribution in [-0.4, -0.2) is 41.2 Å². The molecule has 0 saturated carbocycles. The van der Waals surface area contributed by atoms with Gasteiger partial charge in [-0.1, -0.05) is 6.92 Å². The van der Waals surface area contributed by atoms with Gasteiger partial charge in [0.1, 0.15) is 0 Å². The number of aromatic hydroxyl groups is 1. The van der Waals surface area contributed by atoms with Crippen LogP contribution in [0.4, 0.5) is 5.82 Å². The number of carbonyl (C=O) groups excluding carboxylic acids is 2. The van der Waals surface area contributed by atoms with Gasteiger partial charge in [-0.05, 0) is 31.9 Å². The van der Waals surface area contributed by atoms with Crippen LogP contribution in [0, 0.1) is 11.8 Å². The van der Waals surface area contributed by atoms with Gasteiger partial charge < -0.3 is 20.5 Å². The van der Waals surface area contributed by atoms with Crippen molar-refractivity contribution in [2.24, 2.45) is 11.8 Å². The number of rotatable bonds is 5. The number of hydrogen-bond donors (Lipinski definition) is 3. The van der Waals surface area contributed by atoms with Crippen molar-refractivity contribution in [2.75, 3.05) is 18.5 Å². The minimum absolute atomic E-state index is 0.0856. The standard InChI is InChI=1S/C16H23N3O4/c1-10(15(21)19-14-13(20)6-3-7-17-14)11(2)18-16(22)12-5-4-8-23-9-12/h3,6-7,10-12,20H,4-5,8-9H2,1-2H3,(H,18,22)(H,17,19,21). The van der Waals surface area contributed by atoms with E-state index in [-0.39, 0.29) is 35.3 Å². The summed E-state index contributed by atoms with van der Waals surface area (Å²) < 4.78 is 5.31. The number of nitrogens with one attached hydrogen (secondary N) is 2. The average molecular weight is 321 g/mol. The molecular weight excluding hydrogens is 298 g/mol. The average Bonchev–Trinajstić information content (AvgIpc) is 2.56. The molecule has 3 atom stereocenters. The Bertz CT molecular complexity index is 558. The van der Waals surface area contributed by atoms with Crippen molar-refractivity contribution in [3.8, 4) is 5.75 Å². The molecule has 7 nitrogen and oxygen atoms in total. The van der Waals surface area contributed by atoms with E-state index in [2.05, 4.69) is 15.6 Å². The van der Waals surface area contributed by atoms with Crippen molar-refractivity contribution in [3.63, 3.8) is 0 Å². The molecule has 126 valence electrons. The van der Waals surface area contributed by atoms with Gasteiger partial charge in [-0.25, -0.2) is 4.98 Å². The van der Waals surface area contributed by atoms with E-state index in [0.717, 1.165) is 12.8 Å². The highest BCUT2D eigenvalue weighted by Gasteiger charge is 2.27. The second-order valence-corrected chi connectivity index (χ2v) is 5.86. The molecule has 0 aliphatic carbocycles. The molecule has 2 amide bonds. The van der Waals surface area contributed by atoms with E-state index >= 15 is 0 Å². The number of hydrogen-bond acceptors (Lipinski definition) is 5. The number of nitrogens with zero attached hydrogens (tertiary/aromatic N) is 1. The minimum atomic E-state index is -0.468. The first-order valence-corrected chi connectivity index (χ1v) is 7.82. The summed E-state index contributed by atoms with van der Waals surface area (Å²) >= 11 is 0. The van der Waals surface area contributed by atoms with E-state index < -0.39 is 5.92 Å². The summed E-state index contributed by atoms with van der Waals surface area (Å²) in [6.45, 7) is 4.63. The third-order valence-corrected chi connectivity index (χ3v) is 4.09. The van der Waals surface area contributed by atoms with Gasteiger partial charge in [0.2, 0.25) is 11.8 Å². The number of aromatic nitrogens is 1. The van der Waals surface area contributed by atoms with Gasteiger partial charge >= 0.3 is 0 Å². The highest BCUT2D eigenvalue weighted by atomic mass is 16.5. The maximum absolute atomic E-state index is 12.2. The molecule has 0 aromatic carbocycles. The quantitative estimate of drug-likeness (QED) is 0.759. The number of carbonyl (C=O) groups is 2. The fourth-order valence-electron chi connectivity index (χ4n) is 2.37. The highest BCUT2D eigenvalue weighted by molar-refractivity contribution is 5.93. The van der Waals surface area contributed by atoms with E-state index in [1.807, 2.05) is 0 Å². The van der Waals surface area contributed by atoms with E-state index in [9.17, 15) is 14.7 Å². The van der Waals surface area contributed by atoms with Crippen molar-refractivity contribution in [1.29, 1.82) is 0 Å². The first-order chi connectivity index (χ1) is 11.0. The SMILES string of the molecule is CC(NC(=O)C1CCCOC1)C(C)C(=O)Nc1ncccc1O. The largest absolute Gasteiger partial charge is 0.504 e. The third-order valence-electron chi connectivity index (χ3n) is 4.09. The van der Waals surface area contributed by atoms with Crippen LogP contribution in [0.15, 0.2) is 18.3 Å². The zero-order valence-corrected chi connectivity index (χ0v) is 13.4. The molecule has 2 heterocycles. The minimum Gasteiger partial charge on any atom is -0.504 e. The lowest BCUT2D eigenvalue weighted by molar-refractivity contribution is -0.130. The molecule has 2 rings (SSSR count). The molecule has 1 saturated heterocycles. The van der Waals surface area contributed by atoms with Crippen molar-refractivity contribution in [3.05, 3.63) is 18.3 Å².